The molecule has 2 aliphatic rings. The largest absolute Gasteiger partial charge is 0.508 e. The SMILES string of the molecule is C=C1c2c(C)cc(O)cc2OC(c2ccc(OC)cc2)C1O.CC(=O)OC/C=C/c1ccc2c(c1)[C@@H](COC(C)=O)[C@H](c1ccc(O)c(C)c1)O2. The van der Waals surface area contributed by atoms with Gasteiger partial charge in [-0.15, -0.1) is 0 Å². The molecule has 266 valence electrons. The fourth-order valence-corrected chi connectivity index (χ4v) is 6.16. The number of ether oxygens (including phenoxy) is 5. The van der Waals surface area contributed by atoms with Gasteiger partial charge in [0.15, 0.2) is 6.10 Å². The van der Waals surface area contributed by atoms with E-state index in [4.69, 9.17) is 23.7 Å². The number of aromatic hydroxyl groups is 2. The lowest BCUT2D eigenvalue weighted by atomic mass is 9.88. The highest BCUT2D eigenvalue weighted by molar-refractivity contribution is 5.77. The second-order valence-electron chi connectivity index (χ2n) is 12.4. The van der Waals surface area contributed by atoms with Crippen molar-refractivity contribution in [2.24, 2.45) is 0 Å². The summed E-state index contributed by atoms with van der Waals surface area (Å²) >= 11 is 0. The number of phenolic OH excluding ortho intramolecular Hbond substituents is 2. The van der Waals surface area contributed by atoms with Gasteiger partial charge in [0.1, 0.15) is 54.2 Å². The van der Waals surface area contributed by atoms with Gasteiger partial charge in [0.25, 0.3) is 0 Å². The van der Waals surface area contributed by atoms with Crippen LogP contribution in [0.3, 0.4) is 0 Å². The number of methoxy groups -OCH3 is 1. The first kappa shape index (κ1) is 36.5. The van der Waals surface area contributed by atoms with Crippen molar-refractivity contribution in [1.82, 2.24) is 0 Å². The monoisotopic (exact) mass is 694 g/mol. The zero-order chi connectivity index (χ0) is 36.8. The Morgan fingerprint density at radius 1 is 0.824 bits per heavy atom. The van der Waals surface area contributed by atoms with E-state index in [-0.39, 0.29) is 48.7 Å². The molecule has 0 spiro atoms. The van der Waals surface area contributed by atoms with E-state index in [1.54, 1.807) is 31.4 Å². The van der Waals surface area contributed by atoms with Crippen LogP contribution in [0.15, 0.2) is 85.5 Å². The van der Waals surface area contributed by atoms with Gasteiger partial charge in [-0.3, -0.25) is 9.59 Å². The highest BCUT2D eigenvalue weighted by Gasteiger charge is 2.37. The molecule has 4 atom stereocenters. The maximum atomic E-state index is 11.4. The molecule has 51 heavy (non-hydrogen) atoms. The molecule has 0 aromatic heterocycles. The number of carbonyl (C=O) groups is 2. The highest BCUT2D eigenvalue weighted by Crippen LogP contribution is 2.47. The van der Waals surface area contributed by atoms with Crippen LogP contribution in [0.4, 0.5) is 0 Å². The van der Waals surface area contributed by atoms with Crippen molar-refractivity contribution >= 4 is 23.6 Å². The van der Waals surface area contributed by atoms with Gasteiger partial charge in [-0.1, -0.05) is 36.9 Å². The molecule has 0 amide bonds. The predicted octanol–water partition coefficient (Wildman–Crippen LogP) is 7.27. The minimum Gasteiger partial charge on any atom is -0.508 e. The molecule has 3 N–H and O–H groups in total. The van der Waals surface area contributed by atoms with Crippen LogP contribution in [0.2, 0.25) is 0 Å². The topological polar surface area (TPSA) is 141 Å². The Bertz CT molecular complexity index is 1950. The molecule has 4 aromatic carbocycles. The van der Waals surface area contributed by atoms with Gasteiger partial charge in [0.05, 0.1) is 13.0 Å². The molecule has 2 heterocycles. The van der Waals surface area contributed by atoms with Crippen molar-refractivity contribution < 1.29 is 48.6 Å². The summed E-state index contributed by atoms with van der Waals surface area (Å²) in [5.41, 5.74) is 6.53. The summed E-state index contributed by atoms with van der Waals surface area (Å²) in [5, 5.41) is 30.1. The van der Waals surface area contributed by atoms with Crippen molar-refractivity contribution in [3.63, 3.8) is 0 Å². The molecule has 2 unspecified atom stereocenters. The van der Waals surface area contributed by atoms with Crippen LogP contribution in [-0.4, -0.2) is 53.7 Å². The first-order valence-electron chi connectivity index (χ1n) is 16.4. The van der Waals surface area contributed by atoms with Gasteiger partial charge in [-0.05, 0) is 95.8 Å². The first-order chi connectivity index (χ1) is 24.4. The molecule has 2 aliphatic heterocycles. The number of esters is 2. The van der Waals surface area contributed by atoms with Crippen LogP contribution in [0.25, 0.3) is 11.6 Å². The van der Waals surface area contributed by atoms with E-state index >= 15 is 0 Å². The van der Waals surface area contributed by atoms with Crippen molar-refractivity contribution in [3.8, 4) is 28.7 Å². The molecule has 0 bridgehead atoms. The lowest BCUT2D eigenvalue weighted by Crippen LogP contribution is -2.29. The number of aliphatic hydroxyl groups is 1. The maximum absolute atomic E-state index is 11.4. The number of hydrogen-bond acceptors (Lipinski definition) is 10. The fourth-order valence-electron chi connectivity index (χ4n) is 6.16. The number of fused-ring (bicyclic) bond motifs is 2. The second-order valence-corrected chi connectivity index (χ2v) is 12.4. The van der Waals surface area contributed by atoms with Crippen molar-refractivity contribution in [3.05, 3.63) is 124 Å². The molecule has 0 saturated carbocycles. The number of benzene rings is 4. The predicted molar refractivity (Wildman–Crippen MR) is 192 cm³/mol. The molecule has 4 aromatic rings. The summed E-state index contributed by atoms with van der Waals surface area (Å²) in [6.07, 6.45) is 1.89. The smallest absolute Gasteiger partial charge is 0.302 e. The highest BCUT2D eigenvalue weighted by atomic mass is 16.5. The van der Waals surface area contributed by atoms with Crippen LogP contribution < -0.4 is 14.2 Å². The fraction of sp³-hybridized carbons (Fsp3) is 0.268. The Balaban J connectivity index is 0.000000205. The number of rotatable bonds is 8. The summed E-state index contributed by atoms with van der Waals surface area (Å²) < 4.78 is 27.5. The Morgan fingerprint density at radius 3 is 2.18 bits per heavy atom. The van der Waals surface area contributed by atoms with Crippen LogP contribution in [0.1, 0.15) is 70.9 Å². The third kappa shape index (κ3) is 8.53. The average Bonchev–Trinajstić information content (AvgIpc) is 3.46. The summed E-state index contributed by atoms with van der Waals surface area (Å²) in [5.74, 6) is 1.50. The summed E-state index contributed by atoms with van der Waals surface area (Å²) in [6, 6.07) is 21.6. The molecule has 0 fully saturated rings. The molecule has 0 radical (unpaired) electrons. The van der Waals surface area contributed by atoms with Crippen LogP contribution in [0.5, 0.6) is 28.7 Å². The first-order valence-corrected chi connectivity index (χ1v) is 16.4. The van der Waals surface area contributed by atoms with E-state index < -0.39 is 12.2 Å². The maximum Gasteiger partial charge on any atom is 0.302 e. The number of phenols is 2. The van der Waals surface area contributed by atoms with Crippen LogP contribution >= 0.6 is 0 Å². The Kier molecular flexibility index (Phi) is 11.4. The molecular weight excluding hydrogens is 652 g/mol. The third-order valence-electron chi connectivity index (χ3n) is 8.71. The molecule has 0 aliphatic carbocycles. The number of aliphatic hydroxyl groups excluding tert-OH is 1. The van der Waals surface area contributed by atoms with E-state index in [2.05, 4.69) is 6.58 Å². The number of hydrogen-bond donors (Lipinski definition) is 3. The van der Waals surface area contributed by atoms with Gasteiger partial charge < -0.3 is 39.0 Å². The molecule has 10 heteroatoms. The normalized spacial score (nSPS) is 18.7. The average molecular weight is 695 g/mol. The Hall–Kier alpha value is -5.74. The quantitative estimate of drug-likeness (QED) is 0.161. The van der Waals surface area contributed by atoms with Gasteiger partial charge in [-0.2, -0.15) is 0 Å². The van der Waals surface area contributed by atoms with Gasteiger partial charge in [-0.25, -0.2) is 0 Å². The Morgan fingerprint density at radius 2 is 1.51 bits per heavy atom. The standard InChI is InChI=1S/C23H24O6.C18H18O4/c1-14-11-18(7-8-21(14)26)23-20(13-28-16(3)25)19-12-17(6-9-22(19)29-23)5-4-10-27-15(2)24;1-10-8-13(19)9-15-16(10)11(2)17(20)18(22-15)12-4-6-14(21-3)7-5-12/h4-9,11-12,20,23,26H,10,13H2,1-3H3;4-9,17-20H,2H2,1,3H3/b5-4+;/t20-,23+;/m1./s1. The minimum absolute atomic E-state index is 0.133. The lowest BCUT2D eigenvalue weighted by molar-refractivity contribution is -0.142. The summed E-state index contributed by atoms with van der Waals surface area (Å²) in [7, 11) is 1.60. The van der Waals surface area contributed by atoms with Gasteiger partial charge >= 0.3 is 11.9 Å². The van der Waals surface area contributed by atoms with Crippen molar-refractivity contribution in [2.45, 2.75) is 51.9 Å². The second kappa shape index (κ2) is 15.9. The molecule has 10 nitrogen and oxygen atoms in total. The van der Waals surface area contributed by atoms with E-state index in [0.717, 1.165) is 50.4 Å². The number of aryl methyl sites for hydroxylation is 2. The molecular formula is C41H42O10. The third-order valence-corrected chi connectivity index (χ3v) is 8.71. The number of carbonyl (C=O) groups excluding carboxylic acids is 2. The van der Waals surface area contributed by atoms with Crippen LogP contribution in [-0.2, 0) is 19.1 Å². The zero-order valence-electron chi connectivity index (χ0n) is 29.2. The zero-order valence-corrected chi connectivity index (χ0v) is 29.2. The summed E-state index contributed by atoms with van der Waals surface area (Å²) in [6.45, 7) is 10.8. The summed E-state index contributed by atoms with van der Waals surface area (Å²) in [4.78, 5) is 22.3. The van der Waals surface area contributed by atoms with Crippen LogP contribution in [0, 0.1) is 13.8 Å². The van der Waals surface area contributed by atoms with Gasteiger partial charge in [0, 0.05) is 31.0 Å². The van der Waals surface area contributed by atoms with Crippen molar-refractivity contribution in [2.75, 3.05) is 20.3 Å². The Labute approximate surface area is 297 Å². The van der Waals surface area contributed by atoms with E-state index in [9.17, 15) is 24.9 Å². The van der Waals surface area contributed by atoms with Gasteiger partial charge in [0.2, 0.25) is 0 Å². The molecule has 0 saturated heterocycles. The van der Waals surface area contributed by atoms with E-state index in [1.165, 1.54) is 13.8 Å². The minimum atomic E-state index is -0.843. The molecule has 6 rings (SSSR count). The van der Waals surface area contributed by atoms with E-state index in [0.29, 0.717) is 11.3 Å². The lowest BCUT2D eigenvalue weighted by Gasteiger charge is -2.33. The van der Waals surface area contributed by atoms with Crippen molar-refractivity contribution in [1.29, 1.82) is 0 Å². The van der Waals surface area contributed by atoms with E-state index in [1.807, 2.05) is 74.5 Å².